The van der Waals surface area contributed by atoms with Crippen molar-refractivity contribution in [2.45, 2.75) is 25.8 Å². The smallest absolute Gasteiger partial charge is 0.238 e. The maximum atomic E-state index is 12.2. The zero-order chi connectivity index (χ0) is 14.8. The molecule has 1 aromatic carbocycles. The SMILES string of the molecule is Cc1ccc(NC(=O)CN2CCC3NCCC3C2)c(Br)c1. The first kappa shape index (κ1) is 15.0. The molecule has 2 unspecified atom stereocenters. The average molecular weight is 352 g/mol. The quantitative estimate of drug-likeness (QED) is 0.878. The van der Waals surface area contributed by atoms with Gasteiger partial charge in [-0.1, -0.05) is 6.07 Å². The molecule has 2 aliphatic heterocycles. The summed E-state index contributed by atoms with van der Waals surface area (Å²) in [5.74, 6) is 0.793. The number of hydrogen-bond donors (Lipinski definition) is 2. The van der Waals surface area contributed by atoms with Gasteiger partial charge in [0.15, 0.2) is 0 Å². The summed E-state index contributed by atoms with van der Waals surface area (Å²) in [6, 6.07) is 6.65. The molecule has 0 bridgehead atoms. The second kappa shape index (κ2) is 6.46. The van der Waals surface area contributed by atoms with Gasteiger partial charge >= 0.3 is 0 Å². The normalized spacial score (nSPS) is 25.6. The van der Waals surface area contributed by atoms with Crippen LogP contribution in [0, 0.1) is 12.8 Å². The summed E-state index contributed by atoms with van der Waals surface area (Å²) in [5, 5.41) is 6.55. The second-order valence-electron chi connectivity index (χ2n) is 6.16. The van der Waals surface area contributed by atoms with Crippen molar-refractivity contribution in [1.82, 2.24) is 10.2 Å². The van der Waals surface area contributed by atoms with E-state index in [1.165, 1.54) is 12.0 Å². The Morgan fingerprint density at radius 3 is 3.14 bits per heavy atom. The zero-order valence-electron chi connectivity index (χ0n) is 12.4. The number of amides is 1. The number of carbonyl (C=O) groups excluding carboxylic acids is 1. The van der Waals surface area contributed by atoms with E-state index in [0.717, 1.165) is 42.1 Å². The Hall–Kier alpha value is -0.910. The molecule has 2 N–H and O–H groups in total. The first-order valence-corrected chi connectivity index (χ1v) is 8.43. The largest absolute Gasteiger partial charge is 0.324 e. The first-order valence-electron chi connectivity index (χ1n) is 7.63. The Bertz CT molecular complexity index is 534. The lowest BCUT2D eigenvalue weighted by atomic mass is 9.93. The van der Waals surface area contributed by atoms with E-state index < -0.39 is 0 Å². The minimum Gasteiger partial charge on any atom is -0.324 e. The van der Waals surface area contributed by atoms with E-state index in [4.69, 9.17) is 0 Å². The molecule has 0 spiro atoms. The van der Waals surface area contributed by atoms with E-state index in [9.17, 15) is 4.79 Å². The number of likely N-dealkylation sites (tertiary alicyclic amines) is 1. The van der Waals surface area contributed by atoms with E-state index in [2.05, 4.69) is 31.5 Å². The monoisotopic (exact) mass is 351 g/mol. The van der Waals surface area contributed by atoms with Crippen LogP contribution >= 0.6 is 15.9 Å². The molecule has 2 heterocycles. The number of nitrogens with zero attached hydrogens (tertiary/aromatic N) is 1. The van der Waals surface area contributed by atoms with Gasteiger partial charge in [0.05, 0.1) is 12.2 Å². The number of piperidine rings is 1. The van der Waals surface area contributed by atoms with Crippen LogP contribution in [0.5, 0.6) is 0 Å². The summed E-state index contributed by atoms with van der Waals surface area (Å²) in [5.41, 5.74) is 2.03. The molecule has 1 amide bonds. The Balaban J connectivity index is 1.54. The fourth-order valence-corrected chi connectivity index (χ4v) is 3.97. The van der Waals surface area contributed by atoms with Crippen LogP contribution in [-0.2, 0) is 4.79 Å². The van der Waals surface area contributed by atoms with Gasteiger partial charge < -0.3 is 10.6 Å². The van der Waals surface area contributed by atoms with Crippen molar-refractivity contribution >= 4 is 27.5 Å². The molecule has 2 aliphatic rings. The third kappa shape index (κ3) is 3.65. The molecule has 0 radical (unpaired) electrons. The standard InChI is InChI=1S/C16H22BrN3O/c1-11-2-3-15(13(17)8-11)19-16(21)10-20-7-5-14-12(9-20)4-6-18-14/h2-3,8,12,14,18H,4-7,9-10H2,1H3,(H,19,21). The summed E-state index contributed by atoms with van der Waals surface area (Å²) in [6.07, 6.45) is 2.40. The van der Waals surface area contributed by atoms with Gasteiger partial charge in [-0.15, -0.1) is 0 Å². The van der Waals surface area contributed by atoms with Crippen molar-refractivity contribution in [3.05, 3.63) is 28.2 Å². The number of anilines is 1. The fourth-order valence-electron chi connectivity index (χ4n) is 3.38. The molecular weight excluding hydrogens is 330 g/mol. The van der Waals surface area contributed by atoms with Crippen LogP contribution in [-0.4, -0.2) is 43.0 Å². The molecular formula is C16H22BrN3O. The first-order chi connectivity index (χ1) is 10.1. The lowest BCUT2D eigenvalue weighted by molar-refractivity contribution is -0.117. The Kier molecular flexibility index (Phi) is 4.62. The predicted molar refractivity (Wildman–Crippen MR) is 88.5 cm³/mol. The van der Waals surface area contributed by atoms with E-state index in [1.54, 1.807) is 0 Å². The van der Waals surface area contributed by atoms with Crippen LogP contribution in [0.4, 0.5) is 5.69 Å². The minimum atomic E-state index is 0.0731. The van der Waals surface area contributed by atoms with Gasteiger partial charge in [0.25, 0.3) is 0 Å². The van der Waals surface area contributed by atoms with Crippen LogP contribution < -0.4 is 10.6 Å². The van der Waals surface area contributed by atoms with Gasteiger partial charge in [-0.25, -0.2) is 0 Å². The molecule has 2 fully saturated rings. The zero-order valence-corrected chi connectivity index (χ0v) is 13.9. The molecule has 1 aromatic rings. The molecule has 0 saturated carbocycles. The van der Waals surface area contributed by atoms with Gasteiger partial charge in [-0.2, -0.15) is 0 Å². The van der Waals surface area contributed by atoms with Crippen molar-refractivity contribution < 1.29 is 4.79 Å². The summed E-state index contributed by atoms with van der Waals surface area (Å²) < 4.78 is 0.939. The van der Waals surface area contributed by atoms with Crippen molar-refractivity contribution in [1.29, 1.82) is 0 Å². The molecule has 4 nitrogen and oxygen atoms in total. The van der Waals surface area contributed by atoms with E-state index in [0.29, 0.717) is 12.6 Å². The highest BCUT2D eigenvalue weighted by atomic mass is 79.9. The van der Waals surface area contributed by atoms with Gasteiger partial charge in [0.2, 0.25) is 5.91 Å². The average Bonchev–Trinajstić information content (AvgIpc) is 2.89. The predicted octanol–water partition coefficient (Wildman–Crippen LogP) is 2.38. The van der Waals surface area contributed by atoms with E-state index >= 15 is 0 Å². The lowest BCUT2D eigenvalue weighted by Gasteiger charge is -2.34. The van der Waals surface area contributed by atoms with Gasteiger partial charge in [0, 0.05) is 23.6 Å². The van der Waals surface area contributed by atoms with Crippen LogP contribution in [0.15, 0.2) is 22.7 Å². The van der Waals surface area contributed by atoms with Crippen LogP contribution in [0.1, 0.15) is 18.4 Å². The number of rotatable bonds is 3. The highest BCUT2D eigenvalue weighted by molar-refractivity contribution is 9.10. The van der Waals surface area contributed by atoms with Crippen molar-refractivity contribution in [2.75, 3.05) is 31.5 Å². The Morgan fingerprint density at radius 1 is 1.48 bits per heavy atom. The van der Waals surface area contributed by atoms with Crippen molar-refractivity contribution in [3.8, 4) is 0 Å². The highest BCUT2D eigenvalue weighted by Gasteiger charge is 2.32. The number of fused-ring (bicyclic) bond motifs is 1. The van der Waals surface area contributed by atoms with Crippen molar-refractivity contribution in [2.24, 2.45) is 5.92 Å². The molecule has 21 heavy (non-hydrogen) atoms. The van der Waals surface area contributed by atoms with Crippen LogP contribution in [0.25, 0.3) is 0 Å². The number of nitrogens with one attached hydrogen (secondary N) is 2. The third-order valence-electron chi connectivity index (χ3n) is 4.51. The number of carbonyl (C=O) groups is 1. The number of benzene rings is 1. The molecule has 3 rings (SSSR count). The molecule has 0 aliphatic carbocycles. The van der Waals surface area contributed by atoms with Gasteiger partial charge in [-0.3, -0.25) is 9.69 Å². The highest BCUT2D eigenvalue weighted by Crippen LogP contribution is 2.25. The fraction of sp³-hybridized carbons (Fsp3) is 0.562. The molecule has 114 valence electrons. The van der Waals surface area contributed by atoms with E-state index in [-0.39, 0.29) is 5.91 Å². The number of aryl methyl sites for hydroxylation is 1. The van der Waals surface area contributed by atoms with Gasteiger partial charge in [-0.05, 0) is 65.9 Å². The maximum absolute atomic E-state index is 12.2. The maximum Gasteiger partial charge on any atom is 0.238 e. The van der Waals surface area contributed by atoms with E-state index in [1.807, 2.05) is 25.1 Å². The van der Waals surface area contributed by atoms with Crippen LogP contribution in [0.2, 0.25) is 0 Å². The number of hydrogen-bond acceptors (Lipinski definition) is 3. The van der Waals surface area contributed by atoms with Crippen LogP contribution in [0.3, 0.4) is 0 Å². The molecule has 5 heteroatoms. The third-order valence-corrected chi connectivity index (χ3v) is 5.16. The molecule has 2 saturated heterocycles. The van der Waals surface area contributed by atoms with Gasteiger partial charge in [0.1, 0.15) is 0 Å². The topological polar surface area (TPSA) is 44.4 Å². The Morgan fingerprint density at radius 2 is 2.33 bits per heavy atom. The Labute approximate surface area is 134 Å². The second-order valence-corrected chi connectivity index (χ2v) is 7.02. The van der Waals surface area contributed by atoms with Crippen molar-refractivity contribution in [3.63, 3.8) is 0 Å². The minimum absolute atomic E-state index is 0.0731. The molecule has 2 atom stereocenters. The molecule has 0 aromatic heterocycles. The summed E-state index contributed by atoms with van der Waals surface area (Å²) in [4.78, 5) is 14.5. The number of halogens is 1. The summed E-state index contributed by atoms with van der Waals surface area (Å²) >= 11 is 3.50. The summed E-state index contributed by atoms with van der Waals surface area (Å²) in [7, 11) is 0. The lowest BCUT2D eigenvalue weighted by Crippen LogP contribution is -2.46. The summed E-state index contributed by atoms with van der Waals surface area (Å²) in [6.45, 7) is 5.71.